The highest BCUT2D eigenvalue weighted by Crippen LogP contribution is 2.30. The van der Waals surface area contributed by atoms with Crippen molar-refractivity contribution >= 4 is 27.4 Å². The van der Waals surface area contributed by atoms with Crippen LogP contribution in [0.4, 0.5) is 0 Å². The Labute approximate surface area is 211 Å². The molecule has 0 atom stereocenters. The van der Waals surface area contributed by atoms with Gasteiger partial charge in [0, 0.05) is 35.7 Å². The average Bonchev–Trinajstić information content (AvgIpc) is 3.14. The van der Waals surface area contributed by atoms with Crippen molar-refractivity contribution in [1.82, 2.24) is 8.87 Å². The molecule has 0 amide bonds. The minimum atomic E-state index is -3.67. The molecule has 186 valence electrons. The van der Waals surface area contributed by atoms with Gasteiger partial charge in [0.1, 0.15) is 5.75 Å². The van der Waals surface area contributed by atoms with Gasteiger partial charge in [-0.25, -0.2) is 8.42 Å². The molecule has 3 aromatic rings. The highest BCUT2D eigenvalue weighted by molar-refractivity contribution is 7.89. The lowest BCUT2D eigenvalue weighted by Crippen LogP contribution is -2.40. The van der Waals surface area contributed by atoms with Gasteiger partial charge in [0.25, 0.3) is 0 Å². The van der Waals surface area contributed by atoms with Crippen LogP contribution >= 0.6 is 11.6 Å². The van der Waals surface area contributed by atoms with Gasteiger partial charge in [-0.05, 0) is 75.2 Å². The summed E-state index contributed by atoms with van der Waals surface area (Å²) in [5, 5.41) is 0.132. The van der Waals surface area contributed by atoms with E-state index in [1.165, 1.54) is 33.6 Å². The lowest BCUT2D eigenvalue weighted by molar-refractivity contribution is 0.0730. The number of halogens is 1. The SMILES string of the molecule is Cc1ccc(-n2c(C)cc(C(=O)COc3ccc(S(=O)(=O)N4CCOCC4)cc3Cl)c2C)cc1C. The molecule has 1 aliphatic rings. The van der Waals surface area contributed by atoms with Crippen LogP contribution in [0.1, 0.15) is 32.9 Å². The summed E-state index contributed by atoms with van der Waals surface area (Å²) < 4.78 is 40.0. The number of hydrogen-bond donors (Lipinski definition) is 0. The fourth-order valence-corrected chi connectivity index (χ4v) is 5.96. The number of aryl methyl sites for hydroxylation is 3. The average molecular weight is 517 g/mol. The van der Waals surface area contributed by atoms with Crippen LogP contribution in [-0.4, -0.2) is 56.0 Å². The van der Waals surface area contributed by atoms with Crippen molar-refractivity contribution < 1.29 is 22.7 Å². The molecule has 2 heterocycles. The molecule has 9 heteroatoms. The van der Waals surface area contributed by atoms with Gasteiger partial charge in [0.05, 0.1) is 23.1 Å². The van der Waals surface area contributed by atoms with Crippen molar-refractivity contribution in [2.75, 3.05) is 32.9 Å². The topological polar surface area (TPSA) is 77.8 Å². The van der Waals surface area contributed by atoms with E-state index in [9.17, 15) is 13.2 Å². The zero-order valence-corrected chi connectivity index (χ0v) is 21.9. The maximum absolute atomic E-state index is 13.0. The van der Waals surface area contributed by atoms with Crippen LogP contribution in [0, 0.1) is 27.7 Å². The van der Waals surface area contributed by atoms with Crippen molar-refractivity contribution in [3.63, 3.8) is 0 Å². The first-order chi connectivity index (χ1) is 16.6. The Kier molecular flexibility index (Phi) is 7.38. The molecule has 0 radical (unpaired) electrons. The van der Waals surface area contributed by atoms with E-state index in [0.29, 0.717) is 31.9 Å². The zero-order chi connectivity index (χ0) is 25.3. The Bertz CT molecular complexity index is 1370. The number of carbonyl (C=O) groups is 1. The summed E-state index contributed by atoms with van der Waals surface area (Å²) in [6.45, 7) is 9.11. The van der Waals surface area contributed by atoms with Gasteiger partial charge in [-0.15, -0.1) is 0 Å². The Morgan fingerprint density at radius 3 is 2.37 bits per heavy atom. The zero-order valence-electron chi connectivity index (χ0n) is 20.3. The molecular weight excluding hydrogens is 488 g/mol. The molecule has 0 spiro atoms. The fraction of sp³-hybridized carbons (Fsp3) is 0.346. The predicted octanol–water partition coefficient (Wildman–Crippen LogP) is 4.65. The van der Waals surface area contributed by atoms with Gasteiger partial charge in [0.15, 0.2) is 6.61 Å². The summed E-state index contributed by atoms with van der Waals surface area (Å²) in [6.07, 6.45) is 0. The van der Waals surface area contributed by atoms with Crippen LogP contribution in [0.15, 0.2) is 47.4 Å². The second-order valence-electron chi connectivity index (χ2n) is 8.71. The van der Waals surface area contributed by atoms with Crippen LogP contribution < -0.4 is 4.74 Å². The Morgan fingerprint density at radius 2 is 1.71 bits per heavy atom. The number of Topliss-reactive ketones (excluding diaryl/α,β-unsaturated/α-hetero) is 1. The molecule has 1 fully saturated rings. The summed E-state index contributed by atoms with van der Waals surface area (Å²) in [7, 11) is -3.67. The summed E-state index contributed by atoms with van der Waals surface area (Å²) >= 11 is 6.32. The van der Waals surface area contributed by atoms with Gasteiger partial charge in [-0.2, -0.15) is 4.31 Å². The largest absolute Gasteiger partial charge is 0.484 e. The minimum absolute atomic E-state index is 0.0833. The number of aromatic nitrogens is 1. The molecule has 7 nitrogen and oxygen atoms in total. The van der Waals surface area contributed by atoms with Gasteiger partial charge in [-0.1, -0.05) is 17.7 Å². The van der Waals surface area contributed by atoms with Gasteiger partial charge in [-0.3, -0.25) is 4.79 Å². The number of rotatable bonds is 7. The third-order valence-electron chi connectivity index (χ3n) is 6.35. The van der Waals surface area contributed by atoms with Crippen LogP contribution in [-0.2, 0) is 14.8 Å². The lowest BCUT2D eigenvalue weighted by Gasteiger charge is -2.26. The van der Waals surface area contributed by atoms with E-state index in [1.807, 2.05) is 26.0 Å². The van der Waals surface area contributed by atoms with E-state index in [0.717, 1.165) is 17.1 Å². The van der Waals surface area contributed by atoms with Crippen LogP contribution in [0.25, 0.3) is 5.69 Å². The van der Waals surface area contributed by atoms with Crippen molar-refractivity contribution in [3.05, 3.63) is 75.6 Å². The molecular formula is C26H29ClN2O5S. The normalized spacial score (nSPS) is 14.8. The van der Waals surface area contributed by atoms with E-state index in [4.69, 9.17) is 21.1 Å². The van der Waals surface area contributed by atoms with Gasteiger partial charge >= 0.3 is 0 Å². The molecule has 1 aliphatic heterocycles. The second-order valence-corrected chi connectivity index (χ2v) is 11.1. The molecule has 0 bridgehead atoms. The molecule has 35 heavy (non-hydrogen) atoms. The Hall–Kier alpha value is -2.65. The highest BCUT2D eigenvalue weighted by atomic mass is 35.5. The van der Waals surface area contributed by atoms with E-state index in [-0.39, 0.29) is 28.1 Å². The highest BCUT2D eigenvalue weighted by Gasteiger charge is 2.27. The molecule has 1 saturated heterocycles. The second kappa shape index (κ2) is 10.1. The Morgan fingerprint density at radius 1 is 1.00 bits per heavy atom. The van der Waals surface area contributed by atoms with E-state index >= 15 is 0 Å². The monoisotopic (exact) mass is 516 g/mol. The Balaban J connectivity index is 1.49. The first-order valence-electron chi connectivity index (χ1n) is 11.4. The summed E-state index contributed by atoms with van der Waals surface area (Å²) in [5.41, 5.74) is 5.75. The third-order valence-corrected chi connectivity index (χ3v) is 8.54. The predicted molar refractivity (Wildman–Crippen MR) is 136 cm³/mol. The number of ketones is 1. The minimum Gasteiger partial charge on any atom is -0.484 e. The fourth-order valence-electron chi connectivity index (χ4n) is 4.22. The number of benzene rings is 2. The van der Waals surface area contributed by atoms with Gasteiger partial charge < -0.3 is 14.0 Å². The summed E-state index contributed by atoms with van der Waals surface area (Å²) in [5.74, 6) is 0.0678. The number of sulfonamides is 1. The van der Waals surface area contributed by atoms with Crippen LogP contribution in [0.3, 0.4) is 0 Å². The van der Waals surface area contributed by atoms with Gasteiger partial charge in [0.2, 0.25) is 15.8 Å². The van der Waals surface area contributed by atoms with Crippen molar-refractivity contribution in [2.45, 2.75) is 32.6 Å². The molecule has 4 rings (SSSR count). The number of ether oxygens (including phenoxy) is 2. The quantitative estimate of drug-likeness (QED) is 0.427. The molecule has 1 aromatic heterocycles. The molecule has 0 N–H and O–H groups in total. The van der Waals surface area contributed by atoms with Crippen LogP contribution in [0.5, 0.6) is 5.75 Å². The van der Waals surface area contributed by atoms with Crippen molar-refractivity contribution in [3.8, 4) is 11.4 Å². The number of nitrogens with zero attached hydrogens (tertiary/aromatic N) is 2. The van der Waals surface area contributed by atoms with E-state index < -0.39 is 10.0 Å². The standard InChI is InChI=1S/C26H29ClN2O5S/c1-17-5-6-21(13-18(17)2)29-19(3)14-23(20(29)4)25(30)16-34-26-8-7-22(15-24(26)27)35(31,32)28-9-11-33-12-10-28/h5-8,13-15H,9-12,16H2,1-4H3. The summed E-state index contributed by atoms with van der Waals surface area (Å²) in [6, 6.07) is 12.4. The maximum atomic E-state index is 13.0. The van der Waals surface area contributed by atoms with Crippen molar-refractivity contribution in [2.24, 2.45) is 0 Å². The summed E-state index contributed by atoms with van der Waals surface area (Å²) in [4.78, 5) is 13.1. The van der Waals surface area contributed by atoms with Crippen LogP contribution in [0.2, 0.25) is 5.02 Å². The van der Waals surface area contributed by atoms with E-state index in [2.05, 4.69) is 30.5 Å². The first kappa shape index (κ1) is 25.4. The van der Waals surface area contributed by atoms with Crippen molar-refractivity contribution in [1.29, 1.82) is 0 Å². The molecule has 0 unspecified atom stereocenters. The first-order valence-corrected chi connectivity index (χ1v) is 13.2. The lowest BCUT2D eigenvalue weighted by atomic mass is 10.1. The molecule has 2 aromatic carbocycles. The smallest absolute Gasteiger partial charge is 0.243 e. The maximum Gasteiger partial charge on any atom is 0.243 e. The van der Waals surface area contributed by atoms with E-state index in [1.54, 1.807) is 0 Å². The number of carbonyl (C=O) groups excluding carboxylic acids is 1. The number of hydrogen-bond acceptors (Lipinski definition) is 5. The molecule has 0 saturated carbocycles. The molecule has 0 aliphatic carbocycles. The number of morpholine rings is 1. The third kappa shape index (κ3) is 5.16.